The van der Waals surface area contributed by atoms with Crippen LogP contribution < -0.4 is 5.73 Å². The number of methoxy groups -OCH3 is 1. The van der Waals surface area contributed by atoms with E-state index in [4.69, 9.17) is 10.5 Å². The van der Waals surface area contributed by atoms with Gasteiger partial charge >= 0.3 is 0 Å². The molecule has 1 fully saturated rings. The highest BCUT2D eigenvalue weighted by molar-refractivity contribution is 4.94. The zero-order valence-corrected chi connectivity index (χ0v) is 9.01. The molecule has 1 rings (SSSR count). The Morgan fingerprint density at radius 2 is 2.00 bits per heavy atom. The highest BCUT2D eigenvalue weighted by Gasteiger charge is 2.38. The Hall–Kier alpha value is -0.0800. The second kappa shape index (κ2) is 4.97. The molecule has 2 nitrogen and oxygen atoms in total. The predicted molar refractivity (Wildman–Crippen MR) is 55.7 cm³/mol. The van der Waals surface area contributed by atoms with E-state index in [0.717, 1.165) is 19.3 Å². The number of ether oxygens (including phenoxy) is 1. The molecule has 78 valence electrons. The van der Waals surface area contributed by atoms with Gasteiger partial charge in [-0.2, -0.15) is 0 Å². The van der Waals surface area contributed by atoms with Crippen molar-refractivity contribution in [2.24, 2.45) is 5.73 Å². The van der Waals surface area contributed by atoms with Crippen LogP contribution >= 0.6 is 0 Å². The van der Waals surface area contributed by atoms with Crippen molar-refractivity contribution >= 4 is 0 Å². The van der Waals surface area contributed by atoms with Crippen molar-refractivity contribution in [3.63, 3.8) is 0 Å². The van der Waals surface area contributed by atoms with Gasteiger partial charge in [-0.1, -0.05) is 32.6 Å². The minimum Gasteiger partial charge on any atom is -0.377 e. The van der Waals surface area contributed by atoms with E-state index >= 15 is 0 Å². The molecule has 0 aromatic rings. The van der Waals surface area contributed by atoms with Crippen LogP contribution in [0.15, 0.2) is 0 Å². The molecule has 1 aliphatic carbocycles. The lowest BCUT2D eigenvalue weighted by Crippen LogP contribution is -2.47. The van der Waals surface area contributed by atoms with Gasteiger partial charge in [-0.15, -0.1) is 0 Å². The van der Waals surface area contributed by atoms with Crippen LogP contribution in [0.3, 0.4) is 0 Å². The van der Waals surface area contributed by atoms with Crippen molar-refractivity contribution in [1.82, 2.24) is 0 Å². The Balaban J connectivity index is 2.44. The van der Waals surface area contributed by atoms with Crippen molar-refractivity contribution in [3.8, 4) is 0 Å². The van der Waals surface area contributed by atoms with E-state index < -0.39 is 0 Å². The fourth-order valence-corrected chi connectivity index (χ4v) is 2.39. The topological polar surface area (TPSA) is 35.2 Å². The fraction of sp³-hybridized carbons (Fsp3) is 1.00. The van der Waals surface area contributed by atoms with Crippen molar-refractivity contribution in [2.45, 2.75) is 63.5 Å². The molecule has 1 saturated carbocycles. The lowest BCUT2D eigenvalue weighted by molar-refractivity contribution is -0.0278. The minimum atomic E-state index is 0.0230. The normalized spacial score (nSPS) is 23.3. The van der Waals surface area contributed by atoms with E-state index in [1.54, 1.807) is 0 Å². The molecule has 1 atom stereocenters. The van der Waals surface area contributed by atoms with Gasteiger partial charge in [-0.25, -0.2) is 0 Å². The van der Waals surface area contributed by atoms with Gasteiger partial charge in [0.25, 0.3) is 0 Å². The summed E-state index contributed by atoms with van der Waals surface area (Å²) in [6.45, 7) is 2.21. The van der Waals surface area contributed by atoms with Gasteiger partial charge in [-0.3, -0.25) is 0 Å². The summed E-state index contributed by atoms with van der Waals surface area (Å²) < 4.78 is 5.63. The highest BCUT2D eigenvalue weighted by atomic mass is 16.5. The Morgan fingerprint density at radius 1 is 1.38 bits per heavy atom. The van der Waals surface area contributed by atoms with Gasteiger partial charge in [0, 0.05) is 13.2 Å². The zero-order valence-electron chi connectivity index (χ0n) is 9.01. The van der Waals surface area contributed by atoms with Crippen LogP contribution in [-0.2, 0) is 4.74 Å². The van der Waals surface area contributed by atoms with Crippen molar-refractivity contribution in [2.75, 3.05) is 7.11 Å². The lowest BCUT2D eigenvalue weighted by atomic mass is 9.89. The third kappa shape index (κ3) is 2.44. The van der Waals surface area contributed by atoms with Crippen molar-refractivity contribution in [1.29, 1.82) is 0 Å². The summed E-state index contributed by atoms with van der Waals surface area (Å²) in [5.41, 5.74) is 6.21. The molecule has 0 aliphatic heterocycles. The molecule has 0 spiro atoms. The monoisotopic (exact) mass is 185 g/mol. The summed E-state index contributed by atoms with van der Waals surface area (Å²) in [5, 5.41) is 0. The maximum atomic E-state index is 6.19. The van der Waals surface area contributed by atoms with Crippen LogP contribution in [0.5, 0.6) is 0 Å². The van der Waals surface area contributed by atoms with E-state index in [1.807, 2.05) is 7.11 Å². The van der Waals surface area contributed by atoms with Gasteiger partial charge < -0.3 is 10.5 Å². The van der Waals surface area contributed by atoms with Gasteiger partial charge in [0.2, 0.25) is 0 Å². The molecule has 1 unspecified atom stereocenters. The first-order chi connectivity index (χ1) is 6.25. The Kier molecular flexibility index (Phi) is 4.20. The van der Waals surface area contributed by atoms with Gasteiger partial charge in [0.1, 0.15) is 0 Å². The average molecular weight is 185 g/mol. The molecule has 0 radical (unpaired) electrons. The molecule has 0 amide bonds. The quantitative estimate of drug-likeness (QED) is 0.714. The standard InChI is InChI=1S/C11H23NO/c1-3-4-7-10(12)11(13-2)8-5-6-9-11/h10H,3-9,12H2,1-2H3. The molecule has 2 N–H and O–H groups in total. The fourth-order valence-electron chi connectivity index (χ4n) is 2.39. The van der Waals surface area contributed by atoms with E-state index in [1.165, 1.54) is 25.7 Å². The SMILES string of the molecule is CCCCC(N)C1(OC)CCCC1. The average Bonchev–Trinajstić information content (AvgIpc) is 2.63. The highest BCUT2D eigenvalue weighted by Crippen LogP contribution is 2.36. The number of hydrogen-bond donors (Lipinski definition) is 1. The molecule has 0 saturated heterocycles. The van der Waals surface area contributed by atoms with E-state index in [2.05, 4.69) is 6.92 Å². The summed E-state index contributed by atoms with van der Waals surface area (Å²) in [6, 6.07) is 0.250. The molecule has 0 aromatic carbocycles. The van der Waals surface area contributed by atoms with Crippen molar-refractivity contribution < 1.29 is 4.74 Å². The van der Waals surface area contributed by atoms with E-state index in [-0.39, 0.29) is 11.6 Å². The second-order valence-electron chi connectivity index (χ2n) is 4.22. The summed E-state index contributed by atoms with van der Waals surface area (Å²) in [6.07, 6.45) is 8.47. The van der Waals surface area contributed by atoms with Gasteiger partial charge in [-0.05, 0) is 19.3 Å². The predicted octanol–water partition coefficient (Wildman–Crippen LogP) is 2.46. The first kappa shape index (κ1) is 11.0. The zero-order chi connectivity index (χ0) is 9.73. The number of rotatable bonds is 5. The number of unbranched alkanes of at least 4 members (excludes halogenated alkanes) is 1. The molecule has 13 heavy (non-hydrogen) atoms. The summed E-state index contributed by atoms with van der Waals surface area (Å²) in [4.78, 5) is 0. The van der Waals surface area contributed by atoms with Crippen LogP contribution in [-0.4, -0.2) is 18.8 Å². The Labute approximate surface area is 81.8 Å². The molecule has 1 aliphatic rings. The molecule has 0 aromatic heterocycles. The van der Waals surface area contributed by atoms with Crippen LogP contribution in [0, 0.1) is 0 Å². The summed E-state index contributed by atoms with van der Waals surface area (Å²) >= 11 is 0. The van der Waals surface area contributed by atoms with Crippen LogP contribution in [0.4, 0.5) is 0 Å². The maximum absolute atomic E-state index is 6.19. The first-order valence-electron chi connectivity index (χ1n) is 5.56. The van der Waals surface area contributed by atoms with Gasteiger partial charge in [0.05, 0.1) is 5.60 Å². The molecular formula is C11H23NO. The molecule has 2 heteroatoms. The summed E-state index contributed by atoms with van der Waals surface area (Å²) in [7, 11) is 1.82. The largest absolute Gasteiger partial charge is 0.377 e. The number of hydrogen-bond acceptors (Lipinski definition) is 2. The van der Waals surface area contributed by atoms with Crippen molar-refractivity contribution in [3.05, 3.63) is 0 Å². The summed E-state index contributed by atoms with van der Waals surface area (Å²) in [5.74, 6) is 0. The Morgan fingerprint density at radius 3 is 2.46 bits per heavy atom. The lowest BCUT2D eigenvalue weighted by Gasteiger charge is -2.33. The van der Waals surface area contributed by atoms with E-state index in [0.29, 0.717) is 0 Å². The maximum Gasteiger partial charge on any atom is 0.0828 e. The molecule has 0 heterocycles. The van der Waals surface area contributed by atoms with Crippen LogP contribution in [0.2, 0.25) is 0 Å². The van der Waals surface area contributed by atoms with Crippen LogP contribution in [0.1, 0.15) is 51.9 Å². The minimum absolute atomic E-state index is 0.0230. The third-order valence-corrected chi connectivity index (χ3v) is 3.40. The molecule has 0 bridgehead atoms. The Bertz CT molecular complexity index is 141. The number of nitrogens with two attached hydrogens (primary N) is 1. The molecular weight excluding hydrogens is 162 g/mol. The second-order valence-corrected chi connectivity index (χ2v) is 4.22. The van der Waals surface area contributed by atoms with E-state index in [9.17, 15) is 0 Å². The first-order valence-corrected chi connectivity index (χ1v) is 5.56. The van der Waals surface area contributed by atoms with Gasteiger partial charge in [0.15, 0.2) is 0 Å². The third-order valence-electron chi connectivity index (χ3n) is 3.40. The van der Waals surface area contributed by atoms with Crippen LogP contribution in [0.25, 0.3) is 0 Å². The smallest absolute Gasteiger partial charge is 0.0828 e.